The average molecular weight is 294 g/mol. The number of hydrogen-bond donors (Lipinski definition) is 1. The Bertz CT molecular complexity index is 629. The molecule has 1 N–H and O–H groups in total. The number of nitro groups is 1. The molecule has 0 unspecified atom stereocenters. The minimum absolute atomic E-state index is 0.0269. The van der Waals surface area contributed by atoms with Crippen molar-refractivity contribution in [2.24, 2.45) is 0 Å². The molecule has 0 atom stereocenters. The molecule has 0 radical (unpaired) electrons. The van der Waals surface area contributed by atoms with E-state index in [2.05, 4.69) is 20.0 Å². The van der Waals surface area contributed by atoms with E-state index < -0.39 is 10.9 Å². The fourth-order valence-corrected chi connectivity index (χ4v) is 2.01. The number of anilines is 1. The molecule has 0 aliphatic heterocycles. The number of aromatic nitrogens is 2. The zero-order valence-corrected chi connectivity index (χ0v) is 11.2. The van der Waals surface area contributed by atoms with E-state index >= 15 is 0 Å². The van der Waals surface area contributed by atoms with Crippen molar-refractivity contribution in [1.82, 2.24) is 9.97 Å². The van der Waals surface area contributed by atoms with E-state index in [9.17, 15) is 14.9 Å². The van der Waals surface area contributed by atoms with E-state index in [0.717, 1.165) is 11.1 Å². The van der Waals surface area contributed by atoms with Gasteiger partial charge in [0, 0.05) is 23.8 Å². The van der Waals surface area contributed by atoms with Crippen LogP contribution in [0.2, 0.25) is 0 Å². The summed E-state index contributed by atoms with van der Waals surface area (Å²) in [6.07, 6.45) is 2.87. The van der Waals surface area contributed by atoms with Gasteiger partial charge in [-0.1, -0.05) is 0 Å². The van der Waals surface area contributed by atoms with Gasteiger partial charge in [-0.3, -0.25) is 10.1 Å². The van der Waals surface area contributed by atoms with Crippen LogP contribution in [0.1, 0.15) is 15.4 Å². The van der Waals surface area contributed by atoms with Gasteiger partial charge >= 0.3 is 11.7 Å². The maximum atomic E-state index is 11.3. The van der Waals surface area contributed by atoms with Crippen LogP contribution in [0, 0.1) is 10.1 Å². The predicted molar refractivity (Wildman–Crippen MR) is 71.7 cm³/mol. The maximum absolute atomic E-state index is 11.3. The van der Waals surface area contributed by atoms with Crippen LogP contribution in [0.15, 0.2) is 23.8 Å². The highest BCUT2D eigenvalue weighted by Gasteiger charge is 2.19. The molecule has 0 saturated heterocycles. The summed E-state index contributed by atoms with van der Waals surface area (Å²) < 4.78 is 4.50. The molecular weight excluding hydrogens is 284 g/mol. The molecule has 2 aromatic rings. The van der Waals surface area contributed by atoms with Crippen molar-refractivity contribution >= 4 is 28.8 Å². The lowest BCUT2D eigenvalue weighted by atomic mass is 10.2. The van der Waals surface area contributed by atoms with Gasteiger partial charge in [-0.2, -0.15) is 0 Å². The molecule has 104 valence electrons. The monoisotopic (exact) mass is 294 g/mol. The van der Waals surface area contributed by atoms with Gasteiger partial charge < -0.3 is 10.1 Å². The summed E-state index contributed by atoms with van der Waals surface area (Å²) in [6, 6.07) is 1.13. The molecule has 9 heteroatoms. The minimum atomic E-state index is -0.674. The number of carbonyl (C=O) groups excluding carboxylic acids is 1. The summed E-state index contributed by atoms with van der Waals surface area (Å²) in [5, 5.41) is 16.4. The summed E-state index contributed by atoms with van der Waals surface area (Å²) in [5.74, 6) is -0.593. The van der Waals surface area contributed by atoms with E-state index in [-0.39, 0.29) is 17.1 Å². The quantitative estimate of drug-likeness (QED) is 0.509. The Kier molecular flexibility index (Phi) is 4.20. The van der Waals surface area contributed by atoms with Gasteiger partial charge in [-0.05, 0) is 0 Å². The van der Waals surface area contributed by atoms with Gasteiger partial charge in [0.25, 0.3) is 0 Å². The third-order valence-corrected chi connectivity index (χ3v) is 3.16. The molecule has 0 aromatic carbocycles. The van der Waals surface area contributed by atoms with Crippen LogP contribution in [0.3, 0.4) is 0 Å². The molecule has 2 rings (SSSR count). The Hall–Kier alpha value is -2.55. The van der Waals surface area contributed by atoms with Crippen LogP contribution >= 0.6 is 11.3 Å². The second-order valence-corrected chi connectivity index (χ2v) is 4.60. The number of rotatable bonds is 5. The number of thiazole rings is 1. The van der Waals surface area contributed by atoms with E-state index in [1.807, 2.05) is 0 Å². The first-order valence-corrected chi connectivity index (χ1v) is 6.34. The van der Waals surface area contributed by atoms with Gasteiger partial charge in [0.2, 0.25) is 5.82 Å². The number of methoxy groups -OCH3 is 1. The smallest absolute Gasteiger partial charge is 0.339 e. The van der Waals surface area contributed by atoms with Crippen LogP contribution in [0.5, 0.6) is 0 Å². The topological polar surface area (TPSA) is 107 Å². The van der Waals surface area contributed by atoms with E-state index in [1.54, 1.807) is 11.6 Å². The third kappa shape index (κ3) is 3.06. The third-order valence-electron chi connectivity index (χ3n) is 2.38. The van der Waals surface area contributed by atoms with Gasteiger partial charge in [0.1, 0.15) is 5.01 Å². The van der Waals surface area contributed by atoms with Crippen molar-refractivity contribution in [1.29, 1.82) is 0 Å². The summed E-state index contributed by atoms with van der Waals surface area (Å²) >= 11 is 1.42. The highest BCUT2D eigenvalue weighted by Crippen LogP contribution is 2.23. The van der Waals surface area contributed by atoms with Crippen LogP contribution in [0.25, 0.3) is 0 Å². The number of nitrogens with one attached hydrogen (secondary N) is 1. The lowest BCUT2D eigenvalue weighted by molar-refractivity contribution is -0.384. The Balaban J connectivity index is 2.23. The van der Waals surface area contributed by atoms with Crippen LogP contribution in [0.4, 0.5) is 11.5 Å². The highest BCUT2D eigenvalue weighted by molar-refractivity contribution is 7.09. The second-order valence-electron chi connectivity index (χ2n) is 3.62. The molecule has 0 aliphatic rings. The van der Waals surface area contributed by atoms with Crippen molar-refractivity contribution in [3.8, 4) is 0 Å². The number of nitrogens with zero attached hydrogens (tertiary/aromatic N) is 3. The first kappa shape index (κ1) is 13.9. The number of hydrogen-bond acceptors (Lipinski definition) is 8. The molecular formula is C11H10N4O4S. The largest absolute Gasteiger partial charge is 0.465 e. The molecule has 8 nitrogen and oxygen atoms in total. The van der Waals surface area contributed by atoms with Crippen molar-refractivity contribution in [2.75, 3.05) is 12.4 Å². The molecule has 0 fully saturated rings. The zero-order chi connectivity index (χ0) is 14.5. The average Bonchev–Trinajstić information content (AvgIpc) is 2.97. The van der Waals surface area contributed by atoms with Gasteiger partial charge in [-0.15, -0.1) is 11.3 Å². The molecule has 2 aromatic heterocycles. The van der Waals surface area contributed by atoms with Gasteiger partial charge in [0.15, 0.2) is 0 Å². The first-order valence-electron chi connectivity index (χ1n) is 5.47. The zero-order valence-electron chi connectivity index (χ0n) is 10.4. The minimum Gasteiger partial charge on any atom is -0.465 e. The number of carbonyl (C=O) groups is 1. The van der Waals surface area contributed by atoms with Crippen molar-refractivity contribution in [2.45, 2.75) is 6.54 Å². The second kappa shape index (κ2) is 6.06. The van der Waals surface area contributed by atoms with E-state index in [1.165, 1.54) is 24.6 Å². The summed E-state index contributed by atoms with van der Waals surface area (Å²) in [4.78, 5) is 29.7. The van der Waals surface area contributed by atoms with Crippen LogP contribution in [-0.2, 0) is 11.3 Å². The lowest BCUT2D eigenvalue weighted by Gasteiger charge is -2.05. The van der Waals surface area contributed by atoms with Crippen molar-refractivity contribution in [3.05, 3.63) is 44.5 Å². The number of esters is 1. The van der Waals surface area contributed by atoms with E-state index in [4.69, 9.17) is 0 Å². The first-order chi connectivity index (χ1) is 9.61. The van der Waals surface area contributed by atoms with E-state index in [0.29, 0.717) is 6.54 Å². The fraction of sp³-hybridized carbons (Fsp3) is 0.182. The molecule has 0 aliphatic carbocycles. The normalized spacial score (nSPS) is 10.1. The fourth-order valence-electron chi connectivity index (χ4n) is 1.46. The van der Waals surface area contributed by atoms with Crippen LogP contribution in [-0.4, -0.2) is 28.0 Å². The Morgan fingerprint density at radius 2 is 2.35 bits per heavy atom. The molecule has 0 saturated carbocycles. The summed E-state index contributed by atoms with van der Waals surface area (Å²) in [5.41, 5.74) is -0.261. The Morgan fingerprint density at radius 1 is 1.55 bits per heavy atom. The molecule has 0 bridgehead atoms. The maximum Gasteiger partial charge on any atom is 0.339 e. The van der Waals surface area contributed by atoms with Gasteiger partial charge in [0.05, 0.1) is 24.1 Å². The molecule has 20 heavy (non-hydrogen) atoms. The Morgan fingerprint density at radius 3 is 2.95 bits per heavy atom. The summed E-state index contributed by atoms with van der Waals surface area (Å²) in [6.45, 7) is 0.322. The SMILES string of the molecule is COC(=O)c1cnc(NCc2nccs2)c([N+](=O)[O-])c1. The highest BCUT2D eigenvalue weighted by atomic mass is 32.1. The number of ether oxygens (including phenoxy) is 1. The molecule has 2 heterocycles. The molecule has 0 spiro atoms. The van der Waals surface area contributed by atoms with Crippen LogP contribution < -0.4 is 5.32 Å². The van der Waals surface area contributed by atoms with Crippen molar-refractivity contribution < 1.29 is 14.5 Å². The molecule has 0 amide bonds. The number of pyridine rings is 1. The Labute approximate surface area is 117 Å². The predicted octanol–water partition coefficient (Wildman–Crippen LogP) is 1.84. The lowest BCUT2D eigenvalue weighted by Crippen LogP contribution is -2.08. The van der Waals surface area contributed by atoms with Crippen molar-refractivity contribution in [3.63, 3.8) is 0 Å². The van der Waals surface area contributed by atoms with Gasteiger partial charge in [-0.25, -0.2) is 14.8 Å². The summed E-state index contributed by atoms with van der Waals surface area (Å²) in [7, 11) is 1.20. The standard InChI is InChI=1S/C11H10N4O4S/c1-19-11(16)7-4-8(15(17)18)10(13-5-7)14-6-9-12-2-3-20-9/h2-5H,6H2,1H3,(H,13,14).